The Morgan fingerprint density at radius 2 is 1.81 bits per heavy atom. The first-order valence-corrected chi connectivity index (χ1v) is 12.5. The molecule has 7 nitrogen and oxygen atoms in total. The Morgan fingerprint density at radius 1 is 1.12 bits per heavy atom. The summed E-state index contributed by atoms with van der Waals surface area (Å²) in [7, 11) is -2.33. The third-order valence-corrected chi connectivity index (χ3v) is 7.34. The summed E-state index contributed by atoms with van der Waals surface area (Å²) in [5, 5.41) is 3.07. The van der Waals surface area contributed by atoms with E-state index in [4.69, 9.17) is 21.1 Å². The summed E-state index contributed by atoms with van der Waals surface area (Å²) in [4.78, 5) is 12.2. The van der Waals surface area contributed by atoms with Gasteiger partial charge in [0, 0.05) is 18.7 Å². The van der Waals surface area contributed by atoms with Gasteiger partial charge >= 0.3 is 0 Å². The Bertz CT molecular complexity index is 1040. The second-order valence-corrected chi connectivity index (χ2v) is 10.1. The van der Waals surface area contributed by atoms with Gasteiger partial charge in [0.05, 0.1) is 12.1 Å². The number of ether oxygens (including phenoxy) is 2. The number of sulfonamides is 1. The molecule has 1 aliphatic rings. The summed E-state index contributed by atoms with van der Waals surface area (Å²) < 4.78 is 39.0. The predicted octanol–water partition coefficient (Wildman–Crippen LogP) is 3.96. The van der Waals surface area contributed by atoms with Crippen molar-refractivity contribution in [2.24, 2.45) is 0 Å². The average molecular weight is 481 g/mol. The molecular weight excluding hydrogens is 452 g/mol. The van der Waals surface area contributed by atoms with Crippen molar-refractivity contribution >= 4 is 27.5 Å². The van der Waals surface area contributed by atoms with Gasteiger partial charge in [-0.25, -0.2) is 13.1 Å². The van der Waals surface area contributed by atoms with Crippen LogP contribution in [0.5, 0.6) is 11.5 Å². The lowest BCUT2D eigenvalue weighted by molar-refractivity contribution is -0.124. The van der Waals surface area contributed by atoms with Crippen molar-refractivity contribution in [1.29, 1.82) is 0 Å². The average Bonchev–Trinajstić information content (AvgIpc) is 2.78. The third-order valence-electron chi connectivity index (χ3n) is 5.47. The minimum Gasteiger partial charge on any atom is -0.497 e. The van der Waals surface area contributed by atoms with Gasteiger partial charge in [0.15, 0.2) is 6.61 Å². The van der Waals surface area contributed by atoms with E-state index in [1.54, 1.807) is 38.3 Å². The fourth-order valence-electron chi connectivity index (χ4n) is 3.65. The van der Waals surface area contributed by atoms with Gasteiger partial charge < -0.3 is 14.8 Å². The maximum absolute atomic E-state index is 12.9. The van der Waals surface area contributed by atoms with E-state index < -0.39 is 10.0 Å². The molecule has 174 valence electrons. The number of benzene rings is 2. The van der Waals surface area contributed by atoms with Gasteiger partial charge in [-0.3, -0.25) is 4.79 Å². The lowest BCUT2D eigenvalue weighted by Gasteiger charge is -2.22. The van der Waals surface area contributed by atoms with Crippen LogP contribution in [0.1, 0.15) is 43.2 Å². The smallest absolute Gasteiger partial charge is 0.258 e. The molecule has 2 N–H and O–H groups in total. The van der Waals surface area contributed by atoms with E-state index in [0.29, 0.717) is 17.1 Å². The van der Waals surface area contributed by atoms with Crippen molar-refractivity contribution in [2.45, 2.75) is 56.5 Å². The van der Waals surface area contributed by atoms with Crippen LogP contribution in [0, 0.1) is 6.92 Å². The minimum absolute atomic E-state index is 0.0868. The van der Waals surface area contributed by atoms with E-state index in [1.807, 2.05) is 0 Å². The Kier molecular flexibility index (Phi) is 8.39. The molecule has 32 heavy (non-hydrogen) atoms. The first-order chi connectivity index (χ1) is 15.3. The van der Waals surface area contributed by atoms with Crippen molar-refractivity contribution in [3.8, 4) is 11.5 Å². The predicted molar refractivity (Wildman–Crippen MR) is 124 cm³/mol. The maximum atomic E-state index is 12.9. The minimum atomic E-state index is -3.90. The van der Waals surface area contributed by atoms with Crippen molar-refractivity contribution < 1.29 is 22.7 Å². The monoisotopic (exact) mass is 480 g/mol. The molecule has 0 heterocycles. The molecule has 0 bridgehead atoms. The molecule has 2 aromatic rings. The number of carbonyl (C=O) groups excluding carboxylic acids is 1. The fourth-order valence-corrected chi connectivity index (χ4v) is 5.27. The largest absolute Gasteiger partial charge is 0.497 e. The first kappa shape index (κ1) is 24.4. The number of carbonyl (C=O) groups is 1. The lowest BCUT2D eigenvalue weighted by atomic mass is 9.95. The summed E-state index contributed by atoms with van der Waals surface area (Å²) in [6.07, 6.45) is 5.40. The van der Waals surface area contributed by atoms with Crippen LogP contribution in [-0.4, -0.2) is 34.1 Å². The van der Waals surface area contributed by atoms with Gasteiger partial charge in [-0.2, -0.15) is 0 Å². The van der Waals surface area contributed by atoms with Gasteiger partial charge in [0.25, 0.3) is 5.91 Å². The number of nitrogens with one attached hydrogen (secondary N) is 2. The van der Waals surface area contributed by atoms with Crippen LogP contribution >= 0.6 is 11.6 Å². The van der Waals surface area contributed by atoms with Crippen LogP contribution < -0.4 is 19.5 Å². The standard InChI is InChI=1S/C23H29ClN2O5S/c1-16-12-20(24)22(32(28,29)25-14-17-8-10-19(30-2)11-9-17)13-21(16)31-15-23(27)26-18-6-4-3-5-7-18/h8-13,18,25H,3-7,14-15H2,1-2H3,(H,26,27). The molecule has 0 unspecified atom stereocenters. The number of halogens is 1. The quantitative estimate of drug-likeness (QED) is 0.566. The topological polar surface area (TPSA) is 93.7 Å². The Labute approximate surface area is 194 Å². The summed E-state index contributed by atoms with van der Waals surface area (Å²) in [6, 6.07) is 10.1. The van der Waals surface area contributed by atoms with Crippen molar-refractivity contribution in [3.63, 3.8) is 0 Å². The number of rotatable bonds is 9. The lowest BCUT2D eigenvalue weighted by Crippen LogP contribution is -2.39. The zero-order valence-electron chi connectivity index (χ0n) is 18.3. The van der Waals surface area contributed by atoms with Crippen LogP contribution in [-0.2, 0) is 21.4 Å². The van der Waals surface area contributed by atoms with Gasteiger partial charge in [-0.15, -0.1) is 0 Å². The van der Waals surface area contributed by atoms with Crippen molar-refractivity contribution in [3.05, 3.63) is 52.5 Å². The molecule has 1 saturated carbocycles. The molecule has 0 saturated heterocycles. The molecule has 3 rings (SSSR count). The van der Waals surface area contributed by atoms with Gasteiger partial charge in [-0.05, 0) is 49.1 Å². The Hall–Kier alpha value is -2.29. The highest BCUT2D eigenvalue weighted by Gasteiger charge is 2.21. The van der Waals surface area contributed by atoms with E-state index in [-0.39, 0.29) is 35.0 Å². The number of hydrogen-bond donors (Lipinski definition) is 2. The molecule has 1 fully saturated rings. The van der Waals surface area contributed by atoms with Gasteiger partial charge in [0.2, 0.25) is 10.0 Å². The number of methoxy groups -OCH3 is 1. The van der Waals surface area contributed by atoms with Crippen LogP contribution in [0.2, 0.25) is 5.02 Å². The fraction of sp³-hybridized carbons (Fsp3) is 0.435. The van der Waals surface area contributed by atoms with E-state index in [2.05, 4.69) is 10.0 Å². The van der Waals surface area contributed by atoms with Crippen molar-refractivity contribution in [2.75, 3.05) is 13.7 Å². The molecule has 9 heteroatoms. The maximum Gasteiger partial charge on any atom is 0.258 e. The van der Waals surface area contributed by atoms with Crippen LogP contribution in [0.3, 0.4) is 0 Å². The van der Waals surface area contributed by atoms with Crippen LogP contribution in [0.15, 0.2) is 41.3 Å². The van der Waals surface area contributed by atoms with E-state index >= 15 is 0 Å². The highest BCUT2D eigenvalue weighted by Crippen LogP contribution is 2.30. The van der Waals surface area contributed by atoms with Gasteiger partial charge in [-0.1, -0.05) is 43.0 Å². The number of aryl methyl sites for hydroxylation is 1. The molecule has 2 aromatic carbocycles. The highest BCUT2D eigenvalue weighted by atomic mass is 35.5. The first-order valence-electron chi connectivity index (χ1n) is 10.6. The summed E-state index contributed by atoms with van der Waals surface area (Å²) >= 11 is 6.23. The second kappa shape index (κ2) is 11.0. The number of hydrogen-bond acceptors (Lipinski definition) is 5. The Morgan fingerprint density at radius 3 is 2.47 bits per heavy atom. The molecule has 0 radical (unpaired) electrons. The molecule has 1 amide bonds. The molecule has 0 aliphatic heterocycles. The van der Waals surface area contributed by atoms with E-state index in [0.717, 1.165) is 31.2 Å². The van der Waals surface area contributed by atoms with Crippen LogP contribution in [0.4, 0.5) is 0 Å². The molecule has 0 aromatic heterocycles. The van der Waals surface area contributed by atoms with E-state index in [9.17, 15) is 13.2 Å². The van der Waals surface area contributed by atoms with E-state index in [1.165, 1.54) is 18.6 Å². The molecule has 0 spiro atoms. The normalized spacial score (nSPS) is 14.7. The van der Waals surface area contributed by atoms with Crippen molar-refractivity contribution in [1.82, 2.24) is 10.0 Å². The molecule has 0 atom stereocenters. The van der Waals surface area contributed by atoms with Crippen LogP contribution in [0.25, 0.3) is 0 Å². The summed E-state index contributed by atoms with van der Waals surface area (Å²) in [6.45, 7) is 1.66. The SMILES string of the molecule is COc1ccc(CNS(=O)(=O)c2cc(OCC(=O)NC3CCCCC3)c(C)cc2Cl)cc1. The zero-order valence-corrected chi connectivity index (χ0v) is 19.9. The second-order valence-electron chi connectivity index (χ2n) is 7.91. The zero-order chi connectivity index (χ0) is 23.1. The Balaban J connectivity index is 1.65. The highest BCUT2D eigenvalue weighted by molar-refractivity contribution is 7.89. The summed E-state index contributed by atoms with van der Waals surface area (Å²) in [5.41, 5.74) is 1.42. The molecular formula is C23H29ClN2O5S. The third kappa shape index (κ3) is 6.60. The van der Waals surface area contributed by atoms with Gasteiger partial charge in [0.1, 0.15) is 16.4 Å². The molecule has 1 aliphatic carbocycles. The number of amides is 1. The summed E-state index contributed by atoms with van der Waals surface area (Å²) in [5.74, 6) is 0.777.